The first-order valence-corrected chi connectivity index (χ1v) is 7.10. The fraction of sp³-hybridized carbons (Fsp3) is 0.500. The molecule has 0 unspecified atom stereocenters. The van der Waals surface area contributed by atoms with E-state index < -0.39 is 35.0 Å². The highest BCUT2D eigenvalue weighted by Crippen LogP contribution is 2.37. The van der Waals surface area contributed by atoms with Crippen LogP contribution in [0.5, 0.6) is 11.5 Å². The first-order chi connectivity index (χ1) is 11.3. The van der Waals surface area contributed by atoms with Gasteiger partial charge in [-0.05, 0) is 25.5 Å². The standard InChI is InChI=1S/C14H16F2N2O6.ClH/c1-23-11-5-8(7-17-4-2-3-9(17)13(19)20)10(18(21)22)6-12(11)24-14(15)16;/h5-6,9,14H,2-4,7H2,1H3,(H,19,20);1H/t9-;/m0./s1. The van der Waals surface area contributed by atoms with Gasteiger partial charge in [-0.3, -0.25) is 19.8 Å². The molecule has 0 radical (unpaired) electrons. The van der Waals surface area contributed by atoms with Crippen molar-refractivity contribution < 1.29 is 33.1 Å². The van der Waals surface area contributed by atoms with E-state index in [1.807, 2.05) is 0 Å². The zero-order valence-electron chi connectivity index (χ0n) is 13.2. The second-order valence-corrected chi connectivity index (χ2v) is 5.23. The number of carboxylic acid groups (broad SMARTS) is 1. The van der Waals surface area contributed by atoms with Gasteiger partial charge in [0, 0.05) is 12.1 Å². The maximum atomic E-state index is 12.4. The molecule has 0 spiro atoms. The highest BCUT2D eigenvalue weighted by atomic mass is 35.5. The Hall–Kier alpha value is -2.20. The van der Waals surface area contributed by atoms with Crippen LogP contribution in [0.15, 0.2) is 12.1 Å². The van der Waals surface area contributed by atoms with Gasteiger partial charge in [0.15, 0.2) is 11.5 Å². The number of rotatable bonds is 7. The second kappa shape index (κ2) is 8.77. The molecule has 1 aliphatic rings. The third kappa shape index (κ3) is 4.89. The number of carboxylic acids is 1. The Kier molecular flexibility index (Phi) is 7.31. The maximum absolute atomic E-state index is 12.4. The maximum Gasteiger partial charge on any atom is 0.387 e. The third-order valence-corrected chi connectivity index (χ3v) is 3.80. The number of nitrogens with zero attached hydrogens (tertiary/aromatic N) is 2. The minimum atomic E-state index is -3.15. The van der Waals surface area contributed by atoms with Crippen LogP contribution in [0, 0.1) is 10.1 Å². The topological polar surface area (TPSA) is 102 Å². The van der Waals surface area contributed by atoms with E-state index in [0.717, 1.165) is 6.07 Å². The lowest BCUT2D eigenvalue weighted by Crippen LogP contribution is -2.35. The van der Waals surface area contributed by atoms with Gasteiger partial charge in [-0.15, -0.1) is 12.4 Å². The number of likely N-dealkylation sites (tertiary alicyclic amines) is 1. The zero-order chi connectivity index (χ0) is 17.9. The van der Waals surface area contributed by atoms with Crippen molar-refractivity contribution in [2.75, 3.05) is 13.7 Å². The molecule has 0 bridgehead atoms. The SMILES string of the molecule is COc1cc(CN2CCC[C@H]2C(=O)O)c([N+](=O)[O-])cc1OC(F)F.Cl. The molecule has 1 N–H and O–H groups in total. The molecule has 11 heteroatoms. The van der Waals surface area contributed by atoms with E-state index in [-0.39, 0.29) is 30.3 Å². The number of hydrogen-bond donors (Lipinski definition) is 1. The van der Waals surface area contributed by atoms with Crippen LogP contribution in [0.3, 0.4) is 0 Å². The molecule has 0 aliphatic carbocycles. The number of carbonyl (C=O) groups is 1. The number of methoxy groups -OCH3 is 1. The van der Waals surface area contributed by atoms with Crippen LogP contribution >= 0.6 is 12.4 Å². The lowest BCUT2D eigenvalue weighted by molar-refractivity contribution is -0.385. The first-order valence-electron chi connectivity index (χ1n) is 7.10. The average Bonchev–Trinajstić information content (AvgIpc) is 2.95. The summed E-state index contributed by atoms with van der Waals surface area (Å²) in [5.41, 5.74) is -0.255. The number of nitro groups is 1. The van der Waals surface area contributed by atoms with E-state index in [2.05, 4.69) is 4.74 Å². The lowest BCUT2D eigenvalue weighted by atomic mass is 10.1. The number of alkyl halides is 2. The Labute approximate surface area is 147 Å². The number of halogens is 3. The number of benzene rings is 1. The number of hydrogen-bond acceptors (Lipinski definition) is 6. The van der Waals surface area contributed by atoms with Gasteiger partial charge < -0.3 is 14.6 Å². The van der Waals surface area contributed by atoms with Crippen molar-refractivity contribution in [2.24, 2.45) is 0 Å². The van der Waals surface area contributed by atoms with Crippen molar-refractivity contribution >= 4 is 24.1 Å². The summed E-state index contributed by atoms with van der Waals surface area (Å²) in [6.07, 6.45) is 1.11. The minimum absolute atomic E-state index is 0. The summed E-state index contributed by atoms with van der Waals surface area (Å²) >= 11 is 0. The predicted molar refractivity (Wildman–Crippen MR) is 84.6 cm³/mol. The van der Waals surface area contributed by atoms with Crippen molar-refractivity contribution in [3.63, 3.8) is 0 Å². The molecule has 1 aromatic rings. The molecular weight excluding hydrogens is 366 g/mol. The highest BCUT2D eigenvalue weighted by Gasteiger charge is 2.32. The monoisotopic (exact) mass is 382 g/mol. The van der Waals surface area contributed by atoms with E-state index in [1.165, 1.54) is 13.2 Å². The largest absolute Gasteiger partial charge is 0.493 e. The molecular formula is C14H17ClF2N2O6. The Morgan fingerprint density at radius 3 is 2.68 bits per heavy atom. The molecule has 8 nitrogen and oxygen atoms in total. The quantitative estimate of drug-likeness (QED) is 0.571. The van der Waals surface area contributed by atoms with Crippen molar-refractivity contribution in [3.8, 4) is 11.5 Å². The Morgan fingerprint density at radius 1 is 1.48 bits per heavy atom. The molecule has 0 aromatic heterocycles. The average molecular weight is 383 g/mol. The van der Waals surface area contributed by atoms with Crippen LogP contribution in [0.4, 0.5) is 14.5 Å². The molecule has 1 aromatic carbocycles. The van der Waals surface area contributed by atoms with E-state index in [4.69, 9.17) is 4.74 Å². The first kappa shape index (κ1) is 20.8. The second-order valence-electron chi connectivity index (χ2n) is 5.23. The Morgan fingerprint density at radius 2 is 2.16 bits per heavy atom. The number of nitro benzene ring substituents is 1. The van der Waals surface area contributed by atoms with E-state index in [0.29, 0.717) is 19.4 Å². The normalized spacial score (nSPS) is 17.2. The fourth-order valence-corrected chi connectivity index (χ4v) is 2.75. The highest BCUT2D eigenvalue weighted by molar-refractivity contribution is 5.85. The van der Waals surface area contributed by atoms with Gasteiger partial charge in [0.05, 0.1) is 18.1 Å². The molecule has 0 amide bonds. The van der Waals surface area contributed by atoms with Crippen molar-refractivity contribution in [2.45, 2.75) is 32.0 Å². The summed E-state index contributed by atoms with van der Waals surface area (Å²) in [6, 6.07) is 1.37. The number of ether oxygens (including phenoxy) is 2. The van der Waals surface area contributed by atoms with Crippen molar-refractivity contribution in [1.82, 2.24) is 4.90 Å². The zero-order valence-corrected chi connectivity index (χ0v) is 14.0. The third-order valence-electron chi connectivity index (χ3n) is 3.80. The number of aliphatic carboxylic acids is 1. The smallest absolute Gasteiger partial charge is 0.387 e. The van der Waals surface area contributed by atoms with Crippen LogP contribution in [0.25, 0.3) is 0 Å². The van der Waals surface area contributed by atoms with Crippen molar-refractivity contribution in [1.29, 1.82) is 0 Å². The predicted octanol–water partition coefficient (Wildman–Crippen LogP) is 2.68. The molecule has 140 valence electrons. The summed E-state index contributed by atoms with van der Waals surface area (Å²) in [7, 11) is 1.22. The van der Waals surface area contributed by atoms with Gasteiger partial charge in [0.2, 0.25) is 0 Å². The summed E-state index contributed by atoms with van der Waals surface area (Å²) < 4.78 is 34.0. The molecule has 1 saturated heterocycles. The molecule has 2 rings (SSSR count). The van der Waals surface area contributed by atoms with E-state index in [1.54, 1.807) is 4.90 Å². The van der Waals surface area contributed by atoms with Crippen LogP contribution in [0.2, 0.25) is 0 Å². The van der Waals surface area contributed by atoms with Gasteiger partial charge in [-0.2, -0.15) is 8.78 Å². The summed E-state index contributed by atoms with van der Waals surface area (Å²) in [5, 5.41) is 20.4. The Bertz CT molecular complexity index is 646. The molecule has 1 heterocycles. The molecule has 25 heavy (non-hydrogen) atoms. The lowest BCUT2D eigenvalue weighted by Gasteiger charge is -2.21. The van der Waals surface area contributed by atoms with Gasteiger partial charge >= 0.3 is 12.6 Å². The van der Waals surface area contributed by atoms with E-state index >= 15 is 0 Å². The van der Waals surface area contributed by atoms with Crippen LogP contribution < -0.4 is 9.47 Å². The minimum Gasteiger partial charge on any atom is -0.493 e. The van der Waals surface area contributed by atoms with Gasteiger partial charge in [0.25, 0.3) is 5.69 Å². The molecule has 0 saturated carbocycles. The fourth-order valence-electron chi connectivity index (χ4n) is 2.75. The summed E-state index contributed by atoms with van der Waals surface area (Å²) in [4.78, 5) is 23.3. The molecule has 1 fully saturated rings. The van der Waals surface area contributed by atoms with Gasteiger partial charge in [-0.25, -0.2) is 0 Å². The molecule has 1 aliphatic heterocycles. The summed E-state index contributed by atoms with van der Waals surface area (Å²) in [5.74, 6) is -1.53. The van der Waals surface area contributed by atoms with E-state index in [9.17, 15) is 28.8 Å². The molecule has 1 atom stereocenters. The van der Waals surface area contributed by atoms with Gasteiger partial charge in [-0.1, -0.05) is 0 Å². The van der Waals surface area contributed by atoms with Gasteiger partial charge in [0.1, 0.15) is 6.04 Å². The Balaban J connectivity index is 0.00000312. The van der Waals surface area contributed by atoms with Crippen LogP contribution in [-0.2, 0) is 11.3 Å². The van der Waals surface area contributed by atoms with Crippen LogP contribution in [0.1, 0.15) is 18.4 Å². The van der Waals surface area contributed by atoms with Crippen molar-refractivity contribution in [3.05, 3.63) is 27.8 Å². The summed E-state index contributed by atoms with van der Waals surface area (Å²) in [6.45, 7) is -2.68. The van der Waals surface area contributed by atoms with Crippen LogP contribution in [-0.4, -0.2) is 47.2 Å².